The van der Waals surface area contributed by atoms with E-state index >= 15 is 0 Å². The summed E-state index contributed by atoms with van der Waals surface area (Å²) in [6, 6.07) is 0. The first-order valence-corrected chi connectivity index (χ1v) is 9.18. The van der Waals surface area contributed by atoms with Crippen molar-refractivity contribution >= 4 is 28.0 Å². The van der Waals surface area contributed by atoms with Crippen molar-refractivity contribution in [1.82, 2.24) is 0 Å². The van der Waals surface area contributed by atoms with Crippen molar-refractivity contribution in [2.24, 2.45) is 5.41 Å². The molecule has 20 heavy (non-hydrogen) atoms. The summed E-state index contributed by atoms with van der Waals surface area (Å²) in [4.78, 5) is 0. The van der Waals surface area contributed by atoms with Crippen molar-refractivity contribution in [1.29, 1.82) is 0 Å². The minimum atomic E-state index is -0.548. The van der Waals surface area contributed by atoms with Crippen LogP contribution in [0, 0.1) is 5.41 Å². The minimum absolute atomic E-state index is 0. The maximum Gasteiger partial charge on any atom is -0.147 e. The molecular weight excluding hydrogens is 366 g/mol. The fraction of sp³-hybridized carbons (Fsp3) is 0.471. The predicted molar refractivity (Wildman–Crippen MR) is 91.9 cm³/mol. The van der Waals surface area contributed by atoms with E-state index in [1.807, 2.05) is 0 Å². The molecule has 0 bridgehead atoms. The monoisotopic (exact) mass is 389 g/mol. The quantitative estimate of drug-likeness (QED) is 0.571. The van der Waals surface area contributed by atoms with Crippen LogP contribution in [0.25, 0.3) is 0 Å². The Bertz CT molecular complexity index is 543. The number of hydrogen-bond acceptors (Lipinski definition) is 0. The van der Waals surface area contributed by atoms with Crippen molar-refractivity contribution in [3.8, 4) is 0 Å². The molecule has 2 aliphatic rings. The van der Waals surface area contributed by atoms with Gasteiger partial charge in [0.25, 0.3) is 0 Å². The molecule has 0 aromatic heterocycles. The molecule has 0 nitrogen and oxygen atoms in total. The Morgan fingerprint density at radius 1 is 1.10 bits per heavy atom. The van der Waals surface area contributed by atoms with Gasteiger partial charge in [0.1, 0.15) is 0 Å². The van der Waals surface area contributed by atoms with Crippen LogP contribution in [-0.2, 0) is 22.8 Å². The van der Waals surface area contributed by atoms with E-state index in [1.54, 1.807) is 28.8 Å². The average molecular weight is 392 g/mol. The van der Waals surface area contributed by atoms with Crippen molar-refractivity contribution in [3.63, 3.8) is 0 Å². The Kier molecular flexibility index (Phi) is 7.63. The first-order valence-electron chi connectivity index (χ1n) is 6.72. The Hall–Kier alpha value is 0.293. The fourth-order valence-electron chi connectivity index (χ4n) is 3.09. The van der Waals surface area contributed by atoms with Crippen molar-refractivity contribution in [2.45, 2.75) is 48.0 Å². The van der Waals surface area contributed by atoms with Gasteiger partial charge >= 0.3 is 123 Å². The third-order valence-corrected chi connectivity index (χ3v) is 8.53. The van der Waals surface area contributed by atoms with Gasteiger partial charge in [-0.2, -0.15) is 0 Å². The smallest absolute Gasteiger partial charge is 0.147 e. The van der Waals surface area contributed by atoms with Crippen LogP contribution in [0.4, 0.5) is 0 Å². The standard InChI is InChI=1S/C14H17.C3H6.2ClH.Zr/c1-10-9-14(4,12(3)11(10)2)13-7-5-6-8-13;1-3-2;;;/h5-7H,8H2,1-4H3;1-2H3;2*1H;. The van der Waals surface area contributed by atoms with E-state index in [1.165, 1.54) is 0 Å². The van der Waals surface area contributed by atoms with Gasteiger partial charge in [-0.3, -0.25) is 0 Å². The topological polar surface area (TPSA) is 0 Å². The van der Waals surface area contributed by atoms with Crippen LogP contribution in [0.1, 0.15) is 48.0 Å². The number of rotatable bonds is 2. The van der Waals surface area contributed by atoms with Gasteiger partial charge in [0.05, 0.1) is 0 Å². The second-order valence-electron chi connectivity index (χ2n) is 5.82. The zero-order valence-electron chi connectivity index (χ0n) is 13.3. The van der Waals surface area contributed by atoms with Crippen LogP contribution in [0.3, 0.4) is 0 Å². The van der Waals surface area contributed by atoms with Gasteiger partial charge in [-0.05, 0) is 0 Å². The second kappa shape index (κ2) is 7.52. The molecule has 2 aliphatic carbocycles. The molecule has 0 aromatic carbocycles. The molecule has 0 spiro atoms. The van der Waals surface area contributed by atoms with Gasteiger partial charge in [-0.15, -0.1) is 24.8 Å². The van der Waals surface area contributed by atoms with E-state index in [4.69, 9.17) is 0 Å². The summed E-state index contributed by atoms with van der Waals surface area (Å²) in [5, 5.41) is 0. The van der Waals surface area contributed by atoms with Crippen molar-refractivity contribution in [3.05, 3.63) is 43.8 Å². The van der Waals surface area contributed by atoms with Gasteiger partial charge in [-0.25, -0.2) is 0 Å². The first kappa shape index (κ1) is 20.3. The maximum absolute atomic E-state index is 2.46. The third-order valence-electron chi connectivity index (χ3n) is 4.54. The summed E-state index contributed by atoms with van der Waals surface area (Å²) in [6.45, 7) is 14.1. The van der Waals surface area contributed by atoms with Gasteiger partial charge in [0.2, 0.25) is 0 Å². The molecule has 0 N–H and O–H groups in total. The van der Waals surface area contributed by atoms with E-state index in [0.717, 1.165) is 6.42 Å². The molecule has 1 atom stereocenters. The first-order chi connectivity index (χ1) is 8.39. The van der Waals surface area contributed by atoms with E-state index in [0.29, 0.717) is 0 Å². The largest absolute Gasteiger partial charge is 0.147 e. The molecule has 1 unspecified atom stereocenters. The zero-order chi connectivity index (χ0) is 13.5. The predicted octanol–water partition coefficient (Wildman–Crippen LogP) is 5.64. The number of allylic oxidation sites excluding steroid dienone is 8. The molecule has 111 valence electrons. The molecule has 0 heterocycles. The molecule has 0 aliphatic heterocycles. The summed E-state index contributed by atoms with van der Waals surface area (Å²) >= 11 is -0.548. The maximum atomic E-state index is 2.46. The molecule has 3 heteroatoms. The normalized spacial score (nSPS) is 24.2. The fourth-order valence-corrected chi connectivity index (χ4v) is 6.72. The average Bonchev–Trinajstić information content (AvgIpc) is 2.90. The molecule has 2 rings (SSSR count). The van der Waals surface area contributed by atoms with Gasteiger partial charge < -0.3 is 0 Å². The van der Waals surface area contributed by atoms with E-state index in [2.05, 4.69) is 59.8 Å². The van der Waals surface area contributed by atoms with Crippen LogP contribution in [0.5, 0.6) is 0 Å². The van der Waals surface area contributed by atoms with Crippen LogP contribution in [-0.4, -0.2) is 3.21 Å². The molecule has 0 saturated carbocycles. The Morgan fingerprint density at radius 3 is 2.15 bits per heavy atom. The van der Waals surface area contributed by atoms with Crippen LogP contribution in [0.15, 0.2) is 43.8 Å². The molecular formula is C17H25Cl2Zr. The molecule has 0 fully saturated rings. The van der Waals surface area contributed by atoms with Gasteiger partial charge in [-0.1, -0.05) is 0 Å². The summed E-state index contributed by atoms with van der Waals surface area (Å²) in [5.41, 5.74) is 6.57. The van der Waals surface area contributed by atoms with E-state index in [9.17, 15) is 0 Å². The molecule has 0 aromatic rings. The Balaban J connectivity index is 0.00000180. The summed E-state index contributed by atoms with van der Waals surface area (Å²) in [6.07, 6.45) is 8.00. The van der Waals surface area contributed by atoms with Crippen LogP contribution < -0.4 is 0 Å². The molecule has 0 saturated heterocycles. The number of hydrogen-bond donors (Lipinski definition) is 0. The SMILES string of the molecule is C[C](C)=[Zr][C]1=C(C)C(C)=C(C)C1(C)C1=CC=CC1.Cl.Cl. The van der Waals surface area contributed by atoms with Gasteiger partial charge in [0.15, 0.2) is 0 Å². The molecule has 0 amide bonds. The Morgan fingerprint density at radius 2 is 1.70 bits per heavy atom. The van der Waals surface area contributed by atoms with Crippen molar-refractivity contribution in [2.75, 3.05) is 0 Å². The van der Waals surface area contributed by atoms with Gasteiger partial charge in [0, 0.05) is 0 Å². The Labute approximate surface area is 147 Å². The van der Waals surface area contributed by atoms with Crippen LogP contribution in [0.2, 0.25) is 0 Å². The van der Waals surface area contributed by atoms with Crippen molar-refractivity contribution < 1.29 is 22.8 Å². The zero-order valence-corrected chi connectivity index (χ0v) is 17.3. The second-order valence-corrected chi connectivity index (χ2v) is 10.1. The number of halogens is 2. The van der Waals surface area contributed by atoms with E-state index in [-0.39, 0.29) is 30.2 Å². The van der Waals surface area contributed by atoms with E-state index < -0.39 is 22.8 Å². The summed E-state index contributed by atoms with van der Waals surface area (Å²) in [7, 11) is 0. The van der Waals surface area contributed by atoms with Crippen LogP contribution >= 0.6 is 24.8 Å². The third kappa shape index (κ3) is 3.21. The molecule has 0 radical (unpaired) electrons. The summed E-state index contributed by atoms with van der Waals surface area (Å²) < 4.78 is 3.46. The summed E-state index contributed by atoms with van der Waals surface area (Å²) in [5.74, 6) is 0. The minimum Gasteiger partial charge on any atom is -0.147 e.